The van der Waals surface area contributed by atoms with Crippen molar-refractivity contribution in [1.82, 2.24) is 10.2 Å². The summed E-state index contributed by atoms with van der Waals surface area (Å²) in [5.74, 6) is -1.96. The molecule has 2 heterocycles. The lowest BCUT2D eigenvalue weighted by Gasteiger charge is -2.27. The van der Waals surface area contributed by atoms with Crippen LogP contribution in [0.15, 0.2) is 37.0 Å². The molecule has 24 heavy (non-hydrogen) atoms. The Kier molecular flexibility index (Phi) is 4.11. The molecule has 0 spiro atoms. The molecule has 2 aromatic rings. The number of hydrogen-bond acceptors (Lipinski definition) is 6. The first kappa shape index (κ1) is 15.8. The average Bonchev–Trinajstić information content (AvgIpc) is 2.93. The number of aromatic nitrogens is 1. The van der Waals surface area contributed by atoms with Crippen molar-refractivity contribution in [2.24, 2.45) is 10.7 Å². The molecule has 1 aliphatic heterocycles. The maximum atomic E-state index is 14.3. The zero-order chi connectivity index (χ0) is 17.3. The van der Waals surface area contributed by atoms with E-state index >= 15 is 0 Å². The minimum Gasteiger partial charge on any atom is -0.364 e. The third-order valence-corrected chi connectivity index (χ3v) is 3.62. The molecule has 3 rings (SSSR count). The second-order valence-electron chi connectivity index (χ2n) is 5.35. The number of aliphatic imine (C=N–C) groups is 1. The maximum absolute atomic E-state index is 14.3. The highest BCUT2D eigenvalue weighted by Crippen LogP contribution is 2.28. The molecule has 1 saturated heterocycles. The molecule has 0 aliphatic carbocycles. The van der Waals surface area contributed by atoms with Gasteiger partial charge in [-0.15, -0.1) is 0 Å². The van der Waals surface area contributed by atoms with Crippen LogP contribution in [0.3, 0.4) is 0 Å². The van der Waals surface area contributed by atoms with E-state index in [2.05, 4.69) is 19.4 Å². The number of nitrogens with zero attached hydrogens (tertiary/aromatic N) is 3. The van der Waals surface area contributed by atoms with E-state index in [0.717, 1.165) is 12.8 Å². The number of carbonyl (C=O) groups is 1. The van der Waals surface area contributed by atoms with E-state index in [1.165, 1.54) is 19.1 Å². The summed E-state index contributed by atoms with van der Waals surface area (Å²) in [7, 11) is 0. The van der Waals surface area contributed by atoms with Crippen molar-refractivity contribution in [2.75, 3.05) is 11.4 Å². The lowest BCUT2D eigenvalue weighted by molar-refractivity contribution is -0.119. The number of amides is 1. The van der Waals surface area contributed by atoms with Crippen molar-refractivity contribution in [3.05, 3.63) is 34.6 Å². The molecule has 1 amide bonds. The molecule has 1 atom stereocenters. The summed E-state index contributed by atoms with van der Waals surface area (Å²) in [4.78, 5) is 28.1. The Morgan fingerprint density at radius 2 is 2.21 bits per heavy atom. The number of halogens is 1. The number of hydrogen-bond donors (Lipinski definition) is 2. The molecule has 0 saturated carbocycles. The van der Waals surface area contributed by atoms with Gasteiger partial charge in [0.05, 0.1) is 0 Å². The van der Waals surface area contributed by atoms with E-state index in [9.17, 15) is 14.0 Å². The smallest absolute Gasteiger partial charge is 0.364 e. The number of nitrogens with one attached hydrogen (secondary N) is 1. The van der Waals surface area contributed by atoms with Gasteiger partial charge in [-0.2, -0.15) is 4.79 Å². The van der Waals surface area contributed by atoms with Crippen LogP contribution in [0.4, 0.5) is 15.8 Å². The molecule has 3 N–H and O–H groups in total. The molecule has 1 aliphatic rings. The molecule has 0 unspecified atom stereocenters. The van der Waals surface area contributed by atoms with Crippen molar-refractivity contribution in [3.63, 3.8) is 0 Å². The highest BCUT2D eigenvalue weighted by atomic mass is 19.1. The van der Waals surface area contributed by atoms with Gasteiger partial charge in [-0.05, 0) is 31.0 Å². The summed E-state index contributed by atoms with van der Waals surface area (Å²) >= 11 is 0. The molecule has 0 radical (unpaired) electrons. The molecule has 0 bridgehead atoms. The molecular formula is C14H16FN5O4. The standard InChI is InChI=1S/C14H16FN5O4/c1-8(21)17-12-3-2-6-19(12)9-4-5-11(10(15)7-9)18-13(16)20-23-14(22)24-20/h4-5,7,12H,2-3,6H2,1H3,(H2,16,18)(H,17,21)/t12-/m1/s1. The lowest BCUT2D eigenvalue weighted by atomic mass is 10.2. The average molecular weight is 337 g/mol. The van der Waals surface area contributed by atoms with Crippen molar-refractivity contribution in [1.29, 1.82) is 0 Å². The number of rotatable bonds is 3. The van der Waals surface area contributed by atoms with E-state index in [1.807, 2.05) is 4.90 Å². The van der Waals surface area contributed by atoms with Crippen LogP contribution in [0.1, 0.15) is 19.8 Å². The van der Waals surface area contributed by atoms with Crippen LogP contribution in [-0.4, -0.2) is 29.5 Å². The topological polar surface area (TPSA) is 119 Å². The first-order valence-corrected chi connectivity index (χ1v) is 7.31. The Balaban J connectivity index is 1.81. The second-order valence-corrected chi connectivity index (χ2v) is 5.35. The third-order valence-electron chi connectivity index (χ3n) is 3.62. The SMILES string of the molecule is CC(=O)N[C@H]1CCCN1c1ccc(N=C(N)n2oc(=O)o2)c(F)c1. The summed E-state index contributed by atoms with van der Waals surface area (Å²) in [5, 5.41) is 2.84. The summed E-state index contributed by atoms with van der Waals surface area (Å²) in [6.07, 6.45) is 1.54. The highest BCUT2D eigenvalue weighted by Gasteiger charge is 2.25. The molecule has 1 aromatic carbocycles. The van der Waals surface area contributed by atoms with Crippen LogP contribution in [-0.2, 0) is 4.79 Å². The summed E-state index contributed by atoms with van der Waals surface area (Å²) in [6, 6.07) is 4.44. The van der Waals surface area contributed by atoms with Gasteiger partial charge in [0.2, 0.25) is 5.91 Å². The van der Waals surface area contributed by atoms with Gasteiger partial charge in [-0.25, -0.2) is 9.38 Å². The predicted octanol–water partition coefficient (Wildman–Crippen LogP) is 0.730. The third kappa shape index (κ3) is 3.16. The second kappa shape index (κ2) is 6.22. The Labute approximate surface area is 135 Å². The summed E-state index contributed by atoms with van der Waals surface area (Å²) < 4.78 is 23.1. The maximum Gasteiger partial charge on any atom is 0.564 e. The van der Waals surface area contributed by atoms with E-state index in [-0.39, 0.29) is 23.7 Å². The van der Waals surface area contributed by atoms with E-state index in [1.54, 1.807) is 6.07 Å². The van der Waals surface area contributed by atoms with Crippen LogP contribution < -0.4 is 21.8 Å². The van der Waals surface area contributed by atoms with E-state index < -0.39 is 11.6 Å². The van der Waals surface area contributed by atoms with Crippen molar-refractivity contribution < 1.29 is 18.2 Å². The molecule has 9 nitrogen and oxygen atoms in total. The highest BCUT2D eigenvalue weighted by molar-refractivity contribution is 5.81. The lowest BCUT2D eigenvalue weighted by Crippen LogP contribution is -2.43. The van der Waals surface area contributed by atoms with Crippen LogP contribution in [0, 0.1) is 5.82 Å². The van der Waals surface area contributed by atoms with Gasteiger partial charge in [0.25, 0.3) is 5.96 Å². The Morgan fingerprint density at radius 1 is 1.46 bits per heavy atom. The van der Waals surface area contributed by atoms with E-state index in [4.69, 9.17) is 5.73 Å². The predicted molar refractivity (Wildman–Crippen MR) is 82.5 cm³/mol. The number of carbonyl (C=O) groups excluding carboxylic acids is 1. The first-order chi connectivity index (χ1) is 11.4. The largest absolute Gasteiger partial charge is 0.564 e. The Bertz CT molecular complexity index is 821. The van der Waals surface area contributed by atoms with Gasteiger partial charge < -0.3 is 16.0 Å². The first-order valence-electron chi connectivity index (χ1n) is 7.31. The Hall–Kier alpha value is -3.04. The minimum absolute atomic E-state index is 0.0296. The van der Waals surface area contributed by atoms with Gasteiger partial charge in [0.15, 0.2) is 5.82 Å². The van der Waals surface area contributed by atoms with Gasteiger partial charge >= 0.3 is 5.82 Å². The van der Waals surface area contributed by atoms with E-state index in [0.29, 0.717) is 17.1 Å². The van der Waals surface area contributed by atoms with Gasteiger partial charge in [-0.3, -0.25) is 13.8 Å². The number of nitrogens with two attached hydrogens (primary N) is 1. The zero-order valence-electron chi connectivity index (χ0n) is 12.9. The van der Waals surface area contributed by atoms with Crippen molar-refractivity contribution >= 4 is 23.2 Å². The fraction of sp³-hybridized carbons (Fsp3) is 0.357. The fourth-order valence-electron chi connectivity index (χ4n) is 2.63. The minimum atomic E-state index is -0.915. The van der Waals surface area contributed by atoms with Crippen LogP contribution in [0.25, 0.3) is 0 Å². The van der Waals surface area contributed by atoms with Gasteiger partial charge in [-0.1, -0.05) is 0 Å². The zero-order valence-corrected chi connectivity index (χ0v) is 12.9. The van der Waals surface area contributed by atoms with Crippen molar-refractivity contribution in [3.8, 4) is 0 Å². The summed E-state index contributed by atoms with van der Waals surface area (Å²) in [6.45, 7) is 2.16. The normalized spacial score (nSPS) is 18.2. The van der Waals surface area contributed by atoms with Crippen LogP contribution in [0.5, 0.6) is 0 Å². The monoisotopic (exact) mass is 337 g/mol. The molecule has 1 fully saturated rings. The summed E-state index contributed by atoms with van der Waals surface area (Å²) in [5.41, 5.74) is 6.13. The van der Waals surface area contributed by atoms with Gasteiger partial charge in [0, 0.05) is 24.1 Å². The Morgan fingerprint density at radius 3 is 2.83 bits per heavy atom. The number of anilines is 1. The quantitative estimate of drug-likeness (QED) is 0.629. The fourth-order valence-corrected chi connectivity index (χ4v) is 2.63. The van der Waals surface area contributed by atoms with Crippen LogP contribution in [0.2, 0.25) is 0 Å². The molecule has 10 heteroatoms. The van der Waals surface area contributed by atoms with Gasteiger partial charge in [0.1, 0.15) is 11.9 Å². The van der Waals surface area contributed by atoms with Crippen LogP contribution >= 0.6 is 0 Å². The molecular weight excluding hydrogens is 321 g/mol. The molecule has 128 valence electrons. The number of benzene rings is 1. The van der Waals surface area contributed by atoms with Crippen molar-refractivity contribution in [2.45, 2.75) is 25.9 Å². The molecule has 1 aromatic heterocycles.